The van der Waals surface area contributed by atoms with E-state index in [0.29, 0.717) is 0 Å². The number of aliphatic hydroxyl groups excluding tert-OH is 3. The molecule has 1 heterocycles. The minimum absolute atomic E-state index is 0.386. The fourth-order valence-electron chi connectivity index (χ4n) is 1.69. The topological polar surface area (TPSA) is 154 Å². The first-order valence-corrected chi connectivity index (χ1v) is 5.53. The summed E-state index contributed by atoms with van der Waals surface area (Å²) in [5, 5.41) is 45.8. The van der Waals surface area contributed by atoms with Gasteiger partial charge in [-0.2, -0.15) is 0 Å². The Bertz CT molecular complexity index is 344. The van der Waals surface area contributed by atoms with Crippen molar-refractivity contribution in [1.82, 2.24) is 0 Å². The predicted molar refractivity (Wildman–Crippen MR) is 57.1 cm³/mol. The van der Waals surface area contributed by atoms with Gasteiger partial charge >= 0.3 is 11.9 Å². The third-order valence-electron chi connectivity index (χ3n) is 2.64. The van der Waals surface area contributed by atoms with Gasteiger partial charge in [0, 0.05) is 0 Å². The Labute approximate surface area is 108 Å². The van der Waals surface area contributed by atoms with Gasteiger partial charge in [0.1, 0.15) is 18.3 Å². The monoisotopic (exact) mass is 280 g/mol. The van der Waals surface area contributed by atoms with Crippen molar-refractivity contribution in [2.45, 2.75) is 50.2 Å². The molecule has 1 aliphatic rings. The van der Waals surface area contributed by atoms with Crippen molar-refractivity contribution in [2.75, 3.05) is 0 Å². The molecule has 19 heavy (non-hydrogen) atoms. The van der Waals surface area contributed by atoms with E-state index in [0.717, 1.165) is 0 Å². The first-order valence-electron chi connectivity index (χ1n) is 5.53. The summed E-state index contributed by atoms with van der Waals surface area (Å²) in [7, 11) is 0. The molecule has 0 amide bonds. The normalized spacial score (nSPS) is 36.7. The van der Waals surface area contributed by atoms with Crippen LogP contribution in [0, 0.1) is 0 Å². The van der Waals surface area contributed by atoms with Crippen LogP contribution in [-0.2, 0) is 19.1 Å². The number of carbonyl (C=O) groups is 2. The van der Waals surface area contributed by atoms with E-state index in [1.54, 1.807) is 0 Å². The highest BCUT2D eigenvalue weighted by molar-refractivity contribution is 5.73. The van der Waals surface area contributed by atoms with Crippen molar-refractivity contribution >= 4 is 11.9 Å². The van der Waals surface area contributed by atoms with Crippen LogP contribution in [-0.4, -0.2) is 74.3 Å². The molecule has 0 aromatic rings. The molecule has 1 aliphatic heterocycles. The van der Waals surface area contributed by atoms with E-state index in [9.17, 15) is 24.9 Å². The van der Waals surface area contributed by atoms with Crippen molar-refractivity contribution in [3.63, 3.8) is 0 Å². The largest absolute Gasteiger partial charge is 0.481 e. The Hall–Kier alpha value is -1.26. The van der Waals surface area contributed by atoms with Gasteiger partial charge in [-0.25, -0.2) is 4.79 Å². The summed E-state index contributed by atoms with van der Waals surface area (Å²) in [5.74, 6) is -2.67. The second-order valence-electron chi connectivity index (χ2n) is 4.28. The fraction of sp³-hybridized carbons (Fsp3) is 0.800. The van der Waals surface area contributed by atoms with Crippen molar-refractivity contribution in [3.8, 4) is 0 Å². The lowest BCUT2D eigenvalue weighted by atomic mass is 9.99. The number of carboxylic acid groups (broad SMARTS) is 2. The SMILES string of the molecule is CC(CC(=O)O)OC1OC(C(=O)O)[C@@H](O)[C@H](O)C1O. The van der Waals surface area contributed by atoms with Crippen molar-refractivity contribution < 1.29 is 44.6 Å². The average Bonchev–Trinajstić information content (AvgIpc) is 2.28. The number of hydrogen-bond acceptors (Lipinski definition) is 7. The van der Waals surface area contributed by atoms with Crippen LogP contribution in [0.2, 0.25) is 0 Å². The van der Waals surface area contributed by atoms with E-state index in [4.69, 9.17) is 19.7 Å². The lowest BCUT2D eigenvalue weighted by Crippen LogP contribution is -2.60. The van der Waals surface area contributed by atoms with Crippen LogP contribution in [0.1, 0.15) is 13.3 Å². The van der Waals surface area contributed by atoms with Crippen LogP contribution >= 0.6 is 0 Å². The Balaban J connectivity index is 2.71. The maximum atomic E-state index is 10.8. The van der Waals surface area contributed by atoms with Gasteiger partial charge in [-0.1, -0.05) is 0 Å². The fourth-order valence-corrected chi connectivity index (χ4v) is 1.69. The van der Waals surface area contributed by atoms with Gasteiger partial charge in [-0.05, 0) is 6.92 Å². The van der Waals surface area contributed by atoms with Crippen LogP contribution in [0.5, 0.6) is 0 Å². The van der Waals surface area contributed by atoms with Gasteiger partial charge in [0.05, 0.1) is 12.5 Å². The number of rotatable bonds is 5. The molecule has 0 aromatic carbocycles. The number of aliphatic carboxylic acids is 2. The molecular formula is C10H16O9. The molecule has 0 bridgehead atoms. The second kappa shape index (κ2) is 6.26. The third-order valence-corrected chi connectivity index (χ3v) is 2.64. The number of hydrogen-bond donors (Lipinski definition) is 5. The van der Waals surface area contributed by atoms with E-state index >= 15 is 0 Å². The third kappa shape index (κ3) is 3.85. The van der Waals surface area contributed by atoms with Crippen LogP contribution in [0.25, 0.3) is 0 Å². The maximum Gasteiger partial charge on any atom is 0.335 e. The van der Waals surface area contributed by atoms with Crippen LogP contribution in [0.3, 0.4) is 0 Å². The highest BCUT2D eigenvalue weighted by Gasteiger charge is 2.47. The van der Waals surface area contributed by atoms with E-state index in [2.05, 4.69) is 0 Å². The van der Waals surface area contributed by atoms with Crippen molar-refractivity contribution in [1.29, 1.82) is 0 Å². The summed E-state index contributed by atoms with van der Waals surface area (Å²) in [6, 6.07) is 0. The second-order valence-corrected chi connectivity index (χ2v) is 4.28. The predicted octanol–water partition coefficient (Wildman–Crippen LogP) is -2.24. The molecule has 1 saturated heterocycles. The molecule has 0 aromatic heterocycles. The zero-order chi connectivity index (χ0) is 14.7. The zero-order valence-corrected chi connectivity index (χ0v) is 10.0. The van der Waals surface area contributed by atoms with Crippen LogP contribution in [0.15, 0.2) is 0 Å². The van der Waals surface area contributed by atoms with Crippen molar-refractivity contribution in [3.05, 3.63) is 0 Å². The lowest BCUT2D eigenvalue weighted by Gasteiger charge is -2.39. The molecule has 0 aliphatic carbocycles. The standard InChI is InChI=1S/C10H16O9/c1-3(2-4(11)12)18-10-7(15)5(13)6(14)8(19-10)9(16)17/h3,5-8,10,13-15H,2H2,1H3,(H,11,12)(H,16,17)/t3?,5-,6-,7?,8?,10?/m0/s1. The van der Waals surface area contributed by atoms with Gasteiger partial charge in [0.25, 0.3) is 0 Å². The first kappa shape index (κ1) is 15.8. The molecule has 9 nitrogen and oxygen atoms in total. The van der Waals surface area contributed by atoms with Gasteiger partial charge in [-0.3, -0.25) is 4.79 Å². The Morgan fingerprint density at radius 3 is 2.21 bits per heavy atom. The van der Waals surface area contributed by atoms with E-state index in [1.807, 2.05) is 0 Å². The molecule has 9 heteroatoms. The average molecular weight is 280 g/mol. The molecule has 5 N–H and O–H groups in total. The smallest absolute Gasteiger partial charge is 0.335 e. The van der Waals surface area contributed by atoms with Gasteiger partial charge in [-0.15, -0.1) is 0 Å². The van der Waals surface area contributed by atoms with E-state index in [1.165, 1.54) is 6.92 Å². The van der Waals surface area contributed by atoms with Gasteiger partial charge in [0.15, 0.2) is 12.4 Å². The number of ether oxygens (including phenoxy) is 2. The van der Waals surface area contributed by atoms with Crippen LogP contribution < -0.4 is 0 Å². The molecular weight excluding hydrogens is 264 g/mol. The quantitative estimate of drug-likeness (QED) is 0.376. The zero-order valence-electron chi connectivity index (χ0n) is 10.0. The molecule has 1 rings (SSSR count). The summed E-state index contributed by atoms with van der Waals surface area (Å²) in [4.78, 5) is 21.3. The molecule has 0 saturated carbocycles. The van der Waals surface area contributed by atoms with Crippen molar-refractivity contribution in [2.24, 2.45) is 0 Å². The summed E-state index contributed by atoms with van der Waals surface area (Å²) in [6.07, 6.45) is -9.80. The Morgan fingerprint density at radius 2 is 1.74 bits per heavy atom. The summed E-state index contributed by atoms with van der Waals surface area (Å²) >= 11 is 0. The molecule has 1 fully saturated rings. The van der Waals surface area contributed by atoms with Gasteiger partial charge in [0.2, 0.25) is 0 Å². The van der Waals surface area contributed by atoms with E-state index < -0.39 is 48.7 Å². The summed E-state index contributed by atoms with van der Waals surface area (Å²) < 4.78 is 9.85. The minimum atomic E-state index is -1.80. The number of aliphatic hydroxyl groups is 3. The highest BCUT2D eigenvalue weighted by Crippen LogP contribution is 2.23. The molecule has 6 atom stereocenters. The highest BCUT2D eigenvalue weighted by atomic mass is 16.7. The molecule has 0 spiro atoms. The van der Waals surface area contributed by atoms with Crippen LogP contribution in [0.4, 0.5) is 0 Å². The van der Waals surface area contributed by atoms with Gasteiger partial charge < -0.3 is 35.0 Å². The summed E-state index contributed by atoms with van der Waals surface area (Å²) in [5.41, 5.74) is 0. The first-order chi connectivity index (χ1) is 8.73. The Kier molecular flexibility index (Phi) is 5.20. The molecule has 4 unspecified atom stereocenters. The molecule has 0 radical (unpaired) electrons. The minimum Gasteiger partial charge on any atom is -0.481 e. The summed E-state index contributed by atoms with van der Waals surface area (Å²) in [6.45, 7) is 1.39. The lowest BCUT2D eigenvalue weighted by molar-refractivity contribution is -0.303. The Morgan fingerprint density at radius 1 is 1.16 bits per heavy atom. The maximum absolute atomic E-state index is 10.8. The molecule has 110 valence electrons. The number of carboxylic acids is 2. The van der Waals surface area contributed by atoms with E-state index in [-0.39, 0.29) is 6.42 Å².